The van der Waals surface area contributed by atoms with Gasteiger partial charge in [-0.3, -0.25) is 18.7 Å². The molecule has 0 unspecified atom stereocenters. The first-order valence-electron chi connectivity index (χ1n) is 9.92. The Labute approximate surface area is 169 Å². The first kappa shape index (κ1) is 20.7. The number of aromatic nitrogens is 2. The van der Waals surface area contributed by atoms with Gasteiger partial charge in [-0.2, -0.15) is 0 Å². The van der Waals surface area contributed by atoms with E-state index in [2.05, 4.69) is 5.32 Å². The number of nitrogens with zero attached hydrogens (tertiary/aromatic N) is 3. The lowest BCUT2D eigenvalue weighted by molar-refractivity contribution is -0.125. The molecule has 0 saturated carbocycles. The minimum atomic E-state index is -0.366. The van der Waals surface area contributed by atoms with E-state index in [9.17, 15) is 14.4 Å². The molecule has 0 radical (unpaired) electrons. The van der Waals surface area contributed by atoms with E-state index in [0.717, 1.165) is 28.7 Å². The van der Waals surface area contributed by atoms with E-state index in [1.807, 2.05) is 36.1 Å². The van der Waals surface area contributed by atoms with Gasteiger partial charge in [-0.05, 0) is 37.5 Å². The Hall–Kier alpha value is -3.03. The van der Waals surface area contributed by atoms with Crippen LogP contribution in [-0.2, 0) is 25.4 Å². The Morgan fingerprint density at radius 3 is 2.59 bits per heavy atom. The second-order valence-electron chi connectivity index (χ2n) is 7.32. The number of hydrogen-bond acceptors (Lipinski definition) is 5. The lowest BCUT2D eigenvalue weighted by Crippen LogP contribution is -2.46. The normalized spacial score (nSPS) is 16.5. The molecule has 156 valence electrons. The van der Waals surface area contributed by atoms with Gasteiger partial charge in [0.15, 0.2) is 0 Å². The summed E-state index contributed by atoms with van der Waals surface area (Å²) in [4.78, 5) is 38.9. The first-order chi connectivity index (χ1) is 13.9. The number of ether oxygens (including phenoxy) is 1. The van der Waals surface area contributed by atoms with Gasteiger partial charge >= 0.3 is 5.69 Å². The monoisotopic (exact) mass is 400 g/mol. The molecule has 8 heteroatoms. The zero-order valence-corrected chi connectivity index (χ0v) is 17.2. The van der Waals surface area contributed by atoms with Crippen LogP contribution < -0.4 is 26.2 Å². The van der Waals surface area contributed by atoms with Gasteiger partial charge in [0.1, 0.15) is 11.6 Å². The Morgan fingerprint density at radius 1 is 1.17 bits per heavy atom. The van der Waals surface area contributed by atoms with E-state index >= 15 is 0 Å². The number of anilines is 1. The van der Waals surface area contributed by atoms with Crippen molar-refractivity contribution in [2.75, 3.05) is 24.6 Å². The highest BCUT2D eigenvalue weighted by Crippen LogP contribution is 2.21. The summed E-state index contributed by atoms with van der Waals surface area (Å²) in [5, 5.41) is 3.00. The number of nitrogens with one attached hydrogen (secondary N) is 1. The maximum absolute atomic E-state index is 12.7. The van der Waals surface area contributed by atoms with E-state index < -0.39 is 0 Å². The van der Waals surface area contributed by atoms with E-state index in [-0.39, 0.29) is 23.1 Å². The van der Waals surface area contributed by atoms with Crippen molar-refractivity contribution in [2.24, 2.45) is 20.0 Å². The molecule has 1 saturated heterocycles. The first-order valence-corrected chi connectivity index (χ1v) is 9.92. The molecule has 0 aliphatic carbocycles. The summed E-state index contributed by atoms with van der Waals surface area (Å²) in [7, 11) is 3.11. The van der Waals surface area contributed by atoms with Crippen LogP contribution in [0.1, 0.15) is 25.3 Å². The number of carbonyl (C=O) groups excluding carboxylic acids is 1. The molecular formula is C21H28N4O4. The Morgan fingerprint density at radius 2 is 1.90 bits per heavy atom. The van der Waals surface area contributed by atoms with Gasteiger partial charge in [-0.15, -0.1) is 0 Å². The number of piperidine rings is 1. The van der Waals surface area contributed by atoms with Crippen molar-refractivity contribution in [1.82, 2.24) is 14.5 Å². The molecule has 0 bridgehead atoms. The quantitative estimate of drug-likeness (QED) is 0.782. The third-order valence-electron chi connectivity index (χ3n) is 5.32. The molecule has 8 nitrogen and oxygen atoms in total. The SMILES string of the molecule is CCOc1ccc(CNC(=O)[C@H]2CCCN(c3cc(=O)n(C)c(=O)n3C)C2)cc1. The summed E-state index contributed by atoms with van der Waals surface area (Å²) in [5.41, 5.74) is 0.295. The van der Waals surface area contributed by atoms with Crippen LogP contribution in [0, 0.1) is 5.92 Å². The fourth-order valence-electron chi connectivity index (χ4n) is 3.63. The molecule has 2 heterocycles. The fourth-order valence-corrected chi connectivity index (χ4v) is 3.63. The topological polar surface area (TPSA) is 85.6 Å². The highest BCUT2D eigenvalue weighted by atomic mass is 16.5. The van der Waals surface area contributed by atoms with Crippen molar-refractivity contribution in [2.45, 2.75) is 26.3 Å². The third kappa shape index (κ3) is 4.70. The van der Waals surface area contributed by atoms with E-state index in [0.29, 0.717) is 32.1 Å². The maximum Gasteiger partial charge on any atom is 0.332 e. The van der Waals surface area contributed by atoms with Crippen molar-refractivity contribution >= 4 is 11.7 Å². The number of hydrogen-bond donors (Lipinski definition) is 1. The Bertz CT molecular complexity index is 978. The molecular weight excluding hydrogens is 372 g/mol. The molecule has 1 aromatic heterocycles. The van der Waals surface area contributed by atoms with Gasteiger partial charge in [0.05, 0.1) is 12.5 Å². The Balaban J connectivity index is 1.64. The zero-order chi connectivity index (χ0) is 21.0. The summed E-state index contributed by atoms with van der Waals surface area (Å²) in [6.07, 6.45) is 1.61. The molecule has 2 aromatic rings. The molecule has 1 aliphatic rings. The number of amides is 1. The van der Waals surface area contributed by atoms with E-state index in [1.165, 1.54) is 17.7 Å². The predicted octanol–water partition coefficient (Wildman–Crippen LogP) is 1.02. The molecule has 0 spiro atoms. The van der Waals surface area contributed by atoms with Gasteiger partial charge in [0.25, 0.3) is 5.56 Å². The third-order valence-corrected chi connectivity index (χ3v) is 5.32. The second kappa shape index (κ2) is 8.98. The fraction of sp³-hybridized carbons (Fsp3) is 0.476. The number of carbonyl (C=O) groups is 1. The summed E-state index contributed by atoms with van der Waals surface area (Å²) >= 11 is 0. The average Bonchev–Trinajstić information content (AvgIpc) is 2.74. The highest BCUT2D eigenvalue weighted by Gasteiger charge is 2.27. The lowest BCUT2D eigenvalue weighted by atomic mass is 9.97. The van der Waals surface area contributed by atoms with Crippen LogP contribution in [0.15, 0.2) is 39.9 Å². The highest BCUT2D eigenvalue weighted by molar-refractivity contribution is 5.79. The van der Waals surface area contributed by atoms with Crippen LogP contribution in [0.3, 0.4) is 0 Å². The summed E-state index contributed by atoms with van der Waals surface area (Å²) in [5.74, 6) is 1.16. The van der Waals surface area contributed by atoms with Crippen molar-refractivity contribution in [3.63, 3.8) is 0 Å². The van der Waals surface area contributed by atoms with E-state index in [4.69, 9.17) is 4.74 Å². The van der Waals surface area contributed by atoms with Crippen LogP contribution in [0.5, 0.6) is 5.75 Å². The predicted molar refractivity (Wildman–Crippen MR) is 111 cm³/mol. The molecule has 1 N–H and O–H groups in total. The van der Waals surface area contributed by atoms with Gasteiger partial charge in [-0.1, -0.05) is 12.1 Å². The summed E-state index contributed by atoms with van der Waals surface area (Å²) in [6.45, 7) is 4.20. The Kier molecular flexibility index (Phi) is 6.41. The van der Waals surface area contributed by atoms with E-state index in [1.54, 1.807) is 7.05 Å². The lowest BCUT2D eigenvalue weighted by Gasteiger charge is -2.34. The van der Waals surface area contributed by atoms with Gasteiger partial charge in [0.2, 0.25) is 5.91 Å². The molecule has 1 amide bonds. The number of rotatable bonds is 6. The molecule has 29 heavy (non-hydrogen) atoms. The zero-order valence-electron chi connectivity index (χ0n) is 17.2. The smallest absolute Gasteiger partial charge is 0.332 e. The van der Waals surface area contributed by atoms with Crippen LogP contribution in [-0.4, -0.2) is 34.7 Å². The minimum Gasteiger partial charge on any atom is -0.494 e. The molecule has 1 aliphatic heterocycles. The standard InChI is InChI=1S/C21H28N4O4/c1-4-29-17-9-7-15(8-10-17)13-22-20(27)16-6-5-11-25(14-16)18-12-19(26)24(3)21(28)23(18)2/h7-10,12,16H,4-6,11,13-14H2,1-3H3,(H,22,27)/t16-/m0/s1. The van der Waals surface area contributed by atoms with Gasteiger partial charge in [-0.25, -0.2) is 4.79 Å². The van der Waals surface area contributed by atoms with Crippen molar-refractivity contribution in [3.05, 3.63) is 56.7 Å². The van der Waals surface area contributed by atoms with Crippen molar-refractivity contribution < 1.29 is 9.53 Å². The maximum atomic E-state index is 12.7. The van der Waals surface area contributed by atoms with Crippen molar-refractivity contribution in [1.29, 1.82) is 0 Å². The van der Waals surface area contributed by atoms with Gasteiger partial charge in [0, 0.05) is 39.8 Å². The van der Waals surface area contributed by atoms with Crippen LogP contribution >= 0.6 is 0 Å². The van der Waals surface area contributed by atoms with Crippen LogP contribution in [0.2, 0.25) is 0 Å². The molecule has 1 fully saturated rings. The molecule has 3 rings (SSSR count). The second-order valence-corrected chi connectivity index (χ2v) is 7.32. The van der Waals surface area contributed by atoms with Crippen LogP contribution in [0.4, 0.5) is 5.82 Å². The molecule has 1 atom stereocenters. The van der Waals surface area contributed by atoms with Gasteiger partial charge < -0.3 is 15.0 Å². The summed E-state index contributed by atoms with van der Waals surface area (Å²) < 4.78 is 7.97. The van der Waals surface area contributed by atoms with Crippen molar-refractivity contribution in [3.8, 4) is 5.75 Å². The summed E-state index contributed by atoms with van der Waals surface area (Å²) in [6, 6.07) is 9.12. The number of benzene rings is 1. The molecule has 1 aromatic carbocycles. The van der Waals surface area contributed by atoms with Crippen LogP contribution in [0.25, 0.3) is 0 Å². The minimum absolute atomic E-state index is 0.0163. The average molecular weight is 400 g/mol. The largest absolute Gasteiger partial charge is 0.494 e.